The summed E-state index contributed by atoms with van der Waals surface area (Å²) in [5, 5.41) is 0. The van der Waals surface area contributed by atoms with E-state index in [2.05, 4.69) is 27.4 Å². The zero-order valence-corrected chi connectivity index (χ0v) is 8.53. The van der Waals surface area contributed by atoms with E-state index in [1.165, 1.54) is 32.1 Å². The molecule has 0 rings (SSSR count). The Morgan fingerprint density at radius 1 is 0.909 bits per heavy atom. The fourth-order valence-electron chi connectivity index (χ4n) is 0.677. The van der Waals surface area contributed by atoms with E-state index in [-0.39, 0.29) is 0 Å². The largest absolute Gasteiger partial charge is 0.103 e. The lowest BCUT2D eigenvalue weighted by Gasteiger charge is -1.90. The zero-order valence-electron chi connectivity index (χ0n) is 8.53. The first-order chi connectivity index (χ1) is 5.33. The first-order valence-corrected chi connectivity index (χ1v) is 4.94. The lowest BCUT2D eigenvalue weighted by molar-refractivity contribution is 0.656. The molecule has 0 heteroatoms. The maximum absolute atomic E-state index is 3.48. The molecule has 0 saturated carbocycles. The Morgan fingerprint density at radius 2 is 1.27 bits per heavy atom. The van der Waals surface area contributed by atoms with Crippen molar-refractivity contribution in [1.29, 1.82) is 0 Å². The molecule has 0 atom stereocenters. The van der Waals surface area contributed by atoms with Crippen LogP contribution in [0.25, 0.3) is 0 Å². The van der Waals surface area contributed by atoms with Crippen LogP contribution in [0.5, 0.6) is 0 Å². The van der Waals surface area contributed by atoms with E-state index in [1.807, 2.05) is 6.08 Å². The lowest BCUT2D eigenvalue weighted by atomic mass is 10.2. The van der Waals surface area contributed by atoms with Crippen LogP contribution in [0.15, 0.2) is 12.7 Å². The molecule has 11 heavy (non-hydrogen) atoms. The van der Waals surface area contributed by atoms with E-state index in [1.54, 1.807) is 0 Å². The van der Waals surface area contributed by atoms with Crippen LogP contribution in [-0.2, 0) is 0 Å². The fraction of sp³-hybridized carbons (Fsp3) is 0.818. The molecular weight excluding hydrogens is 132 g/mol. The average Bonchev–Trinajstić information content (AvgIpc) is 2.06. The molecule has 0 amide bonds. The van der Waals surface area contributed by atoms with Crippen LogP contribution < -0.4 is 0 Å². The molecule has 0 heterocycles. The van der Waals surface area contributed by atoms with Gasteiger partial charge in [-0.15, -0.1) is 6.58 Å². The minimum Gasteiger partial charge on any atom is -0.103 e. The predicted octanol–water partition coefficient (Wildman–Crippen LogP) is 4.56. The molecular formula is C11H24. The summed E-state index contributed by atoms with van der Waals surface area (Å²) in [6.07, 6.45) is 9.97. The van der Waals surface area contributed by atoms with Crippen molar-refractivity contribution < 1.29 is 0 Å². The second-order valence-electron chi connectivity index (χ2n) is 2.76. The predicted molar refractivity (Wildman–Crippen MR) is 54.9 cm³/mol. The summed E-state index contributed by atoms with van der Waals surface area (Å²) in [5.41, 5.74) is 0. The van der Waals surface area contributed by atoms with Gasteiger partial charge in [-0.3, -0.25) is 0 Å². The van der Waals surface area contributed by atoms with Crippen molar-refractivity contribution in [1.82, 2.24) is 0 Å². The van der Waals surface area contributed by atoms with E-state index in [9.17, 15) is 0 Å². The smallest absolute Gasteiger partial charge is 0.0382 e. The first kappa shape index (κ1) is 13.3. The van der Waals surface area contributed by atoms with Gasteiger partial charge in [0.05, 0.1) is 0 Å². The summed E-state index contributed by atoms with van der Waals surface area (Å²) in [5.74, 6) is 0. The quantitative estimate of drug-likeness (QED) is 0.404. The highest BCUT2D eigenvalue weighted by atomic mass is 13.9. The molecule has 68 valence electrons. The highest BCUT2D eigenvalue weighted by Gasteiger charge is 1.80. The Hall–Kier alpha value is -0.260. The van der Waals surface area contributed by atoms with E-state index < -0.39 is 0 Å². The standard InChI is InChI=1S/C7H16.C4H8/c1-3-5-7-6-4-2;1-3-4-2/h3-7H2,1-2H3;3H,1,4H2,2H3. The third-order valence-corrected chi connectivity index (χ3v) is 1.50. The van der Waals surface area contributed by atoms with Gasteiger partial charge in [0.25, 0.3) is 0 Å². The van der Waals surface area contributed by atoms with Crippen LogP contribution in [0.1, 0.15) is 59.3 Å². The second-order valence-corrected chi connectivity index (χ2v) is 2.76. The van der Waals surface area contributed by atoms with Gasteiger partial charge in [-0.05, 0) is 6.42 Å². The van der Waals surface area contributed by atoms with Crippen molar-refractivity contribution in [2.45, 2.75) is 59.3 Å². The Kier molecular flexibility index (Phi) is 19.9. The fourth-order valence-corrected chi connectivity index (χ4v) is 0.677. The van der Waals surface area contributed by atoms with E-state index in [0.717, 1.165) is 6.42 Å². The Bertz CT molecular complexity index is 51.1. The number of unbranched alkanes of at least 4 members (excludes halogenated alkanes) is 4. The molecule has 0 aromatic heterocycles. The minimum absolute atomic E-state index is 1.08. The highest BCUT2D eigenvalue weighted by Crippen LogP contribution is 2.00. The molecule has 0 aliphatic carbocycles. The van der Waals surface area contributed by atoms with E-state index in [0.29, 0.717) is 0 Å². The summed E-state index contributed by atoms with van der Waals surface area (Å²) in [7, 11) is 0. The summed E-state index contributed by atoms with van der Waals surface area (Å²) in [4.78, 5) is 0. The molecule has 0 aliphatic rings. The maximum Gasteiger partial charge on any atom is -0.0382 e. The Labute approximate surface area is 72.7 Å². The molecule has 0 radical (unpaired) electrons. The number of hydrogen-bond acceptors (Lipinski definition) is 0. The summed E-state index contributed by atoms with van der Waals surface area (Å²) in [6.45, 7) is 10.0. The van der Waals surface area contributed by atoms with Crippen molar-refractivity contribution in [3.63, 3.8) is 0 Å². The van der Waals surface area contributed by atoms with E-state index in [4.69, 9.17) is 0 Å². The molecule has 0 bridgehead atoms. The van der Waals surface area contributed by atoms with E-state index >= 15 is 0 Å². The lowest BCUT2D eigenvalue weighted by Crippen LogP contribution is -1.70. The van der Waals surface area contributed by atoms with Crippen molar-refractivity contribution in [3.05, 3.63) is 12.7 Å². The molecule has 0 fully saturated rings. The Morgan fingerprint density at radius 3 is 1.45 bits per heavy atom. The van der Waals surface area contributed by atoms with Crippen LogP contribution in [0.2, 0.25) is 0 Å². The van der Waals surface area contributed by atoms with Crippen LogP contribution in [0.4, 0.5) is 0 Å². The molecule has 0 aliphatic heterocycles. The van der Waals surface area contributed by atoms with Crippen LogP contribution in [0, 0.1) is 0 Å². The minimum atomic E-state index is 1.08. The SMILES string of the molecule is C=CCC.CCCCCCC. The first-order valence-electron chi connectivity index (χ1n) is 4.94. The molecule has 0 saturated heterocycles. The molecule has 0 N–H and O–H groups in total. The normalized spacial score (nSPS) is 8.27. The summed E-state index contributed by atoms with van der Waals surface area (Å²) < 4.78 is 0. The van der Waals surface area contributed by atoms with Gasteiger partial charge in [0.1, 0.15) is 0 Å². The van der Waals surface area contributed by atoms with Crippen molar-refractivity contribution in [2.75, 3.05) is 0 Å². The van der Waals surface area contributed by atoms with Gasteiger partial charge in [-0.1, -0.05) is 59.0 Å². The molecule has 0 aromatic carbocycles. The Balaban J connectivity index is 0. The third kappa shape index (κ3) is 26.0. The maximum atomic E-state index is 3.48. The van der Waals surface area contributed by atoms with Crippen LogP contribution in [-0.4, -0.2) is 0 Å². The monoisotopic (exact) mass is 156 g/mol. The van der Waals surface area contributed by atoms with Gasteiger partial charge in [0, 0.05) is 0 Å². The molecule has 0 unspecified atom stereocenters. The van der Waals surface area contributed by atoms with Crippen molar-refractivity contribution in [2.24, 2.45) is 0 Å². The van der Waals surface area contributed by atoms with Gasteiger partial charge >= 0.3 is 0 Å². The molecule has 0 aromatic rings. The number of rotatable bonds is 5. The van der Waals surface area contributed by atoms with Crippen LogP contribution >= 0.6 is 0 Å². The topological polar surface area (TPSA) is 0 Å². The van der Waals surface area contributed by atoms with Crippen LogP contribution in [0.3, 0.4) is 0 Å². The second kappa shape index (κ2) is 16.4. The van der Waals surface area contributed by atoms with Gasteiger partial charge in [-0.2, -0.15) is 0 Å². The van der Waals surface area contributed by atoms with Gasteiger partial charge in [-0.25, -0.2) is 0 Å². The third-order valence-electron chi connectivity index (χ3n) is 1.50. The summed E-state index contributed by atoms with van der Waals surface area (Å²) >= 11 is 0. The van der Waals surface area contributed by atoms with Crippen molar-refractivity contribution >= 4 is 0 Å². The number of hydrogen-bond donors (Lipinski definition) is 0. The van der Waals surface area contributed by atoms with Gasteiger partial charge in [0.2, 0.25) is 0 Å². The highest BCUT2D eigenvalue weighted by molar-refractivity contribution is 4.60. The zero-order chi connectivity index (χ0) is 8.95. The molecule has 0 spiro atoms. The average molecular weight is 156 g/mol. The van der Waals surface area contributed by atoms with Gasteiger partial charge < -0.3 is 0 Å². The summed E-state index contributed by atoms with van der Waals surface area (Å²) in [6, 6.07) is 0. The van der Waals surface area contributed by atoms with Gasteiger partial charge in [0.15, 0.2) is 0 Å². The number of allylic oxidation sites excluding steroid dienone is 1. The molecule has 0 nitrogen and oxygen atoms in total. The van der Waals surface area contributed by atoms with Crippen molar-refractivity contribution in [3.8, 4) is 0 Å².